The van der Waals surface area contributed by atoms with Crippen molar-refractivity contribution >= 4 is 34.0 Å². The van der Waals surface area contributed by atoms with E-state index in [1.807, 2.05) is 22.1 Å². The third-order valence-corrected chi connectivity index (χ3v) is 6.09. The highest BCUT2D eigenvalue weighted by Crippen LogP contribution is 2.38. The van der Waals surface area contributed by atoms with Crippen molar-refractivity contribution in [1.82, 2.24) is 19.0 Å². The molecule has 2 heterocycles. The first-order valence-corrected chi connectivity index (χ1v) is 9.78. The van der Waals surface area contributed by atoms with E-state index in [2.05, 4.69) is 15.3 Å². The maximum atomic E-state index is 12.6. The number of carbonyl (C=O) groups excluding carboxylic acids is 1. The van der Waals surface area contributed by atoms with Gasteiger partial charge in [0.15, 0.2) is 0 Å². The molecule has 0 saturated carbocycles. The lowest BCUT2D eigenvalue weighted by Crippen LogP contribution is -2.35. The summed E-state index contributed by atoms with van der Waals surface area (Å²) in [6, 6.07) is 5.61. The summed E-state index contributed by atoms with van der Waals surface area (Å²) in [6.07, 6.45) is 0. The molecule has 0 aliphatic carbocycles. The average Bonchev–Trinajstić information content (AvgIpc) is 2.93. The lowest BCUT2D eigenvalue weighted by Gasteiger charge is -2.11. The van der Waals surface area contributed by atoms with Gasteiger partial charge < -0.3 is 4.74 Å². The van der Waals surface area contributed by atoms with Crippen LogP contribution in [-0.2, 0) is 16.6 Å². The van der Waals surface area contributed by atoms with E-state index < -0.39 is 16.1 Å². The van der Waals surface area contributed by atoms with Crippen molar-refractivity contribution in [1.29, 1.82) is 0 Å². The van der Waals surface area contributed by atoms with Crippen LogP contribution in [0.25, 0.3) is 0 Å². The number of nitrogens with zero attached hydrogens (tertiary/aromatic N) is 3. The molecule has 1 aromatic carbocycles. The Kier molecular flexibility index (Phi) is 5.03. The zero-order valence-electron chi connectivity index (χ0n) is 14.3. The van der Waals surface area contributed by atoms with Gasteiger partial charge in [-0.15, -0.1) is 0 Å². The Hall–Kier alpha value is -2.37. The molecule has 2 amide bonds. The number of ether oxygens (including phenoxy) is 1. The fourth-order valence-corrected chi connectivity index (χ4v) is 4.84. The number of benzene rings is 1. The molecule has 1 aromatic heterocycles. The Morgan fingerprint density at radius 2 is 2.12 bits per heavy atom. The molecule has 1 aliphatic rings. The molecule has 0 saturated heterocycles. The minimum Gasteiger partial charge on any atom is -0.481 e. The summed E-state index contributed by atoms with van der Waals surface area (Å²) >= 11 is 1.32. The van der Waals surface area contributed by atoms with Gasteiger partial charge in [0.1, 0.15) is 4.90 Å². The van der Waals surface area contributed by atoms with Crippen molar-refractivity contribution in [3.8, 4) is 5.88 Å². The van der Waals surface area contributed by atoms with E-state index in [-0.39, 0.29) is 16.7 Å². The molecule has 9 nitrogen and oxygen atoms in total. The standard InChI is InChI=1S/C15H17N5O4S2/c1-9-7-12(24-3)17-14(16-9)18-15(21)19-26(22,23)11-6-4-5-10-8-20(2)25-13(10)11/h4-7H,8H2,1-3H3,(H2,16,17,18,19,21). The number of hydrogen-bond donors (Lipinski definition) is 2. The number of rotatable bonds is 4. The summed E-state index contributed by atoms with van der Waals surface area (Å²) in [5, 5.41) is 2.31. The van der Waals surface area contributed by atoms with E-state index >= 15 is 0 Å². The number of sulfonamides is 1. The fraction of sp³-hybridized carbons (Fsp3) is 0.267. The zero-order chi connectivity index (χ0) is 18.9. The first kappa shape index (κ1) is 18.4. The van der Waals surface area contributed by atoms with E-state index in [0.717, 1.165) is 5.56 Å². The number of aromatic nitrogens is 2. The van der Waals surface area contributed by atoms with Crippen LogP contribution < -0.4 is 14.8 Å². The number of fused-ring (bicyclic) bond motifs is 1. The van der Waals surface area contributed by atoms with Crippen LogP contribution >= 0.6 is 11.9 Å². The van der Waals surface area contributed by atoms with Crippen molar-refractivity contribution < 1.29 is 17.9 Å². The molecule has 26 heavy (non-hydrogen) atoms. The van der Waals surface area contributed by atoms with Crippen LogP contribution in [0.1, 0.15) is 11.3 Å². The van der Waals surface area contributed by atoms with Gasteiger partial charge in [-0.3, -0.25) is 5.32 Å². The molecule has 1 aliphatic heterocycles. The van der Waals surface area contributed by atoms with E-state index in [9.17, 15) is 13.2 Å². The van der Waals surface area contributed by atoms with Crippen molar-refractivity contribution in [3.63, 3.8) is 0 Å². The number of anilines is 1. The maximum absolute atomic E-state index is 12.6. The summed E-state index contributed by atoms with van der Waals surface area (Å²) in [4.78, 5) is 20.8. The highest BCUT2D eigenvalue weighted by atomic mass is 32.2. The quantitative estimate of drug-likeness (QED) is 0.753. The molecule has 138 valence electrons. The molecule has 0 fully saturated rings. The third-order valence-electron chi connectivity index (χ3n) is 3.48. The zero-order valence-corrected chi connectivity index (χ0v) is 15.9. The Morgan fingerprint density at radius 1 is 1.35 bits per heavy atom. The molecular weight excluding hydrogens is 378 g/mol. The van der Waals surface area contributed by atoms with E-state index in [0.29, 0.717) is 17.1 Å². The molecule has 3 rings (SSSR count). The topological polar surface area (TPSA) is 114 Å². The van der Waals surface area contributed by atoms with Gasteiger partial charge in [-0.25, -0.2) is 27.2 Å². The number of aryl methyl sites for hydroxylation is 1. The maximum Gasteiger partial charge on any atom is 0.335 e. The van der Waals surface area contributed by atoms with Gasteiger partial charge >= 0.3 is 6.03 Å². The molecule has 2 N–H and O–H groups in total. The summed E-state index contributed by atoms with van der Waals surface area (Å²) < 4.78 is 34.1. The highest BCUT2D eigenvalue weighted by Gasteiger charge is 2.28. The molecule has 0 bridgehead atoms. The van der Waals surface area contributed by atoms with Gasteiger partial charge in [-0.2, -0.15) is 4.98 Å². The lowest BCUT2D eigenvalue weighted by molar-refractivity contribution is 0.256. The van der Waals surface area contributed by atoms with Crippen molar-refractivity contribution in [2.45, 2.75) is 23.3 Å². The first-order valence-electron chi connectivity index (χ1n) is 7.53. The number of methoxy groups -OCH3 is 1. The Balaban J connectivity index is 1.80. The van der Waals surface area contributed by atoms with Crippen LogP contribution in [0.15, 0.2) is 34.1 Å². The normalized spacial score (nSPS) is 14.0. The second kappa shape index (κ2) is 7.09. The van der Waals surface area contributed by atoms with Gasteiger partial charge in [0.25, 0.3) is 10.0 Å². The van der Waals surface area contributed by atoms with Crippen LogP contribution in [0.4, 0.5) is 10.7 Å². The largest absolute Gasteiger partial charge is 0.481 e. The van der Waals surface area contributed by atoms with Crippen LogP contribution in [0.3, 0.4) is 0 Å². The number of urea groups is 1. The SMILES string of the molecule is COc1cc(C)nc(NC(=O)NS(=O)(=O)c2cccc3c2SN(C)C3)n1. The van der Waals surface area contributed by atoms with Crippen LogP contribution in [-0.4, -0.2) is 42.9 Å². The van der Waals surface area contributed by atoms with Crippen LogP contribution in [0.2, 0.25) is 0 Å². The monoisotopic (exact) mass is 395 g/mol. The Morgan fingerprint density at radius 3 is 2.85 bits per heavy atom. The number of hydrogen-bond acceptors (Lipinski definition) is 8. The summed E-state index contributed by atoms with van der Waals surface area (Å²) in [7, 11) is -0.754. The van der Waals surface area contributed by atoms with Gasteiger partial charge in [-0.05, 0) is 37.5 Å². The van der Waals surface area contributed by atoms with E-state index in [1.54, 1.807) is 19.1 Å². The third kappa shape index (κ3) is 3.89. The van der Waals surface area contributed by atoms with E-state index in [1.165, 1.54) is 25.1 Å². The molecule has 0 unspecified atom stereocenters. The molecule has 11 heteroatoms. The minimum absolute atomic E-state index is 0.0538. The van der Waals surface area contributed by atoms with Gasteiger partial charge in [0, 0.05) is 23.2 Å². The van der Waals surface area contributed by atoms with Gasteiger partial charge in [-0.1, -0.05) is 12.1 Å². The minimum atomic E-state index is -4.05. The smallest absolute Gasteiger partial charge is 0.335 e. The Labute approximate surface area is 155 Å². The summed E-state index contributed by atoms with van der Waals surface area (Å²) in [6.45, 7) is 2.33. The summed E-state index contributed by atoms with van der Waals surface area (Å²) in [5.41, 5.74) is 1.46. The molecule has 0 atom stereocenters. The fourth-order valence-electron chi connectivity index (χ4n) is 2.43. The van der Waals surface area contributed by atoms with Crippen LogP contribution in [0, 0.1) is 6.92 Å². The highest BCUT2D eigenvalue weighted by molar-refractivity contribution is 7.98. The van der Waals surface area contributed by atoms with Gasteiger partial charge in [0.2, 0.25) is 11.8 Å². The summed E-state index contributed by atoms with van der Waals surface area (Å²) in [5.74, 6) is 0.206. The molecular formula is C15H17N5O4S2. The predicted molar refractivity (Wildman–Crippen MR) is 96.4 cm³/mol. The van der Waals surface area contributed by atoms with E-state index in [4.69, 9.17) is 4.74 Å². The first-order chi connectivity index (χ1) is 12.3. The number of carbonyl (C=O) groups is 1. The Bertz CT molecular complexity index is 965. The second-order valence-corrected chi connectivity index (χ2v) is 8.42. The predicted octanol–water partition coefficient (Wildman–Crippen LogP) is 1.76. The van der Waals surface area contributed by atoms with Crippen molar-refractivity contribution in [3.05, 3.63) is 35.5 Å². The molecule has 0 radical (unpaired) electrons. The number of nitrogens with one attached hydrogen (secondary N) is 2. The van der Waals surface area contributed by atoms with Crippen molar-refractivity contribution in [2.75, 3.05) is 19.5 Å². The second-order valence-electron chi connectivity index (χ2n) is 5.56. The lowest BCUT2D eigenvalue weighted by atomic mass is 10.2. The average molecular weight is 395 g/mol. The van der Waals surface area contributed by atoms with Gasteiger partial charge in [0.05, 0.1) is 7.11 Å². The molecule has 0 spiro atoms. The number of amides is 2. The van der Waals surface area contributed by atoms with Crippen LogP contribution in [0.5, 0.6) is 5.88 Å². The van der Waals surface area contributed by atoms with Crippen molar-refractivity contribution in [2.24, 2.45) is 0 Å². The molecule has 2 aromatic rings.